The largest absolute Gasteiger partial charge is 0.497 e. The van der Waals surface area contributed by atoms with Gasteiger partial charge in [-0.15, -0.1) is 0 Å². The molecule has 0 unspecified atom stereocenters. The molecule has 1 aliphatic heterocycles. The van der Waals surface area contributed by atoms with Crippen LogP contribution in [0.3, 0.4) is 0 Å². The van der Waals surface area contributed by atoms with Gasteiger partial charge in [-0.3, -0.25) is 13.9 Å². The fourth-order valence-corrected chi connectivity index (χ4v) is 4.70. The smallest absolute Gasteiger partial charge is 0.331 e. The van der Waals surface area contributed by atoms with Crippen LogP contribution in [0.25, 0.3) is 22.2 Å². The summed E-state index contributed by atoms with van der Waals surface area (Å²) in [6, 6.07) is 17.6. The third kappa shape index (κ3) is 2.92. The molecule has 1 aliphatic rings. The normalized spacial score (nSPS) is 18.0. The van der Waals surface area contributed by atoms with Crippen LogP contribution in [0.1, 0.15) is 24.3 Å². The Kier molecular flexibility index (Phi) is 4.78. The Labute approximate surface area is 185 Å². The zero-order valence-corrected chi connectivity index (χ0v) is 18.5. The van der Waals surface area contributed by atoms with E-state index in [0.29, 0.717) is 17.4 Å². The van der Waals surface area contributed by atoms with Crippen LogP contribution < -0.4 is 16.0 Å². The van der Waals surface area contributed by atoms with Crippen LogP contribution >= 0.6 is 0 Å². The summed E-state index contributed by atoms with van der Waals surface area (Å²) < 4.78 is 16.6. The highest BCUT2D eigenvalue weighted by atomic mass is 16.5. The second kappa shape index (κ2) is 7.53. The van der Waals surface area contributed by atoms with Gasteiger partial charge in [0.15, 0.2) is 0 Å². The quantitative estimate of drug-likeness (QED) is 0.500. The summed E-state index contributed by atoms with van der Waals surface area (Å²) in [6.07, 6.45) is -0.512. The first kappa shape index (κ1) is 20.3. The van der Waals surface area contributed by atoms with Gasteiger partial charge in [-0.25, -0.2) is 4.79 Å². The molecule has 7 nitrogen and oxygen atoms in total. The van der Waals surface area contributed by atoms with E-state index in [1.807, 2.05) is 61.5 Å². The number of nitrogens with zero attached hydrogens (tertiary/aromatic N) is 3. The Balaban J connectivity index is 1.92. The van der Waals surface area contributed by atoms with E-state index in [-0.39, 0.29) is 17.4 Å². The van der Waals surface area contributed by atoms with Gasteiger partial charge in [0, 0.05) is 20.6 Å². The van der Waals surface area contributed by atoms with Gasteiger partial charge in [0.2, 0.25) is 0 Å². The van der Waals surface area contributed by atoms with E-state index < -0.39 is 6.10 Å². The molecule has 0 saturated heterocycles. The van der Waals surface area contributed by atoms with Crippen molar-refractivity contribution >= 4 is 10.9 Å². The molecule has 2 atom stereocenters. The number of ether oxygens (including phenoxy) is 2. The minimum absolute atomic E-state index is 0.0836. The molecule has 0 spiro atoms. The van der Waals surface area contributed by atoms with Gasteiger partial charge >= 0.3 is 5.69 Å². The zero-order valence-electron chi connectivity index (χ0n) is 18.5. The summed E-state index contributed by atoms with van der Waals surface area (Å²) in [4.78, 5) is 26.3. The Morgan fingerprint density at radius 1 is 0.969 bits per heavy atom. The molecule has 164 valence electrons. The molecule has 7 heteroatoms. The molecule has 2 aromatic carbocycles. The molecule has 0 N–H and O–H groups in total. The van der Waals surface area contributed by atoms with E-state index in [0.717, 1.165) is 28.3 Å². The first-order chi connectivity index (χ1) is 15.4. The number of rotatable bonds is 3. The second-order valence-electron chi connectivity index (χ2n) is 8.24. The molecule has 5 rings (SSSR count). The molecular formula is C25H25N3O4. The molecule has 0 amide bonds. The summed E-state index contributed by atoms with van der Waals surface area (Å²) in [5.41, 5.74) is 3.46. The predicted molar refractivity (Wildman–Crippen MR) is 123 cm³/mol. The monoisotopic (exact) mass is 431 g/mol. The molecule has 0 fully saturated rings. The van der Waals surface area contributed by atoms with E-state index in [4.69, 9.17) is 9.47 Å². The fraction of sp³-hybridized carbons (Fsp3) is 0.280. The number of aryl methyl sites for hydroxylation is 1. The maximum Gasteiger partial charge on any atom is 0.331 e. The Morgan fingerprint density at radius 2 is 1.66 bits per heavy atom. The number of benzene rings is 2. The van der Waals surface area contributed by atoms with E-state index in [1.165, 1.54) is 11.6 Å². The van der Waals surface area contributed by atoms with Gasteiger partial charge < -0.3 is 14.0 Å². The Hall–Kier alpha value is -3.58. The van der Waals surface area contributed by atoms with Crippen molar-refractivity contribution < 1.29 is 9.47 Å². The highest BCUT2D eigenvalue weighted by molar-refractivity contribution is 5.96. The van der Waals surface area contributed by atoms with E-state index in [1.54, 1.807) is 18.7 Å². The van der Waals surface area contributed by atoms with Crippen LogP contribution in [-0.2, 0) is 25.4 Å². The maximum atomic E-state index is 13.4. The second-order valence-corrected chi connectivity index (χ2v) is 8.24. The number of aromatic nitrogens is 3. The van der Waals surface area contributed by atoms with Gasteiger partial charge in [0.1, 0.15) is 11.9 Å². The number of hydrogen-bond donors (Lipinski definition) is 0. The lowest BCUT2D eigenvalue weighted by Gasteiger charge is -2.32. The fourth-order valence-electron chi connectivity index (χ4n) is 4.70. The zero-order chi connectivity index (χ0) is 22.6. The number of fused-ring (bicyclic) bond motifs is 3. The first-order valence-corrected chi connectivity index (χ1v) is 10.6. The summed E-state index contributed by atoms with van der Waals surface area (Å²) in [7, 11) is 4.86. The maximum absolute atomic E-state index is 13.4. The summed E-state index contributed by atoms with van der Waals surface area (Å²) in [6.45, 7) is 2.61. The van der Waals surface area contributed by atoms with Gasteiger partial charge in [-0.1, -0.05) is 42.5 Å². The average Bonchev–Trinajstić information content (AvgIpc) is 3.16. The first-order valence-electron chi connectivity index (χ1n) is 10.6. The molecule has 3 heterocycles. The van der Waals surface area contributed by atoms with Gasteiger partial charge in [0.25, 0.3) is 5.56 Å². The molecule has 32 heavy (non-hydrogen) atoms. The number of methoxy groups -OCH3 is 1. The third-order valence-corrected chi connectivity index (χ3v) is 6.23. The predicted octanol–water partition coefficient (Wildman–Crippen LogP) is 3.22. The van der Waals surface area contributed by atoms with Crippen molar-refractivity contribution in [2.24, 2.45) is 14.1 Å². The molecule has 0 radical (unpaired) electrons. The summed E-state index contributed by atoms with van der Waals surface area (Å²) in [5.74, 6) is 0.754. The van der Waals surface area contributed by atoms with Crippen molar-refractivity contribution in [3.8, 4) is 17.0 Å². The van der Waals surface area contributed by atoms with Gasteiger partial charge in [0.05, 0.1) is 35.5 Å². The van der Waals surface area contributed by atoms with Crippen LogP contribution in [0, 0.1) is 0 Å². The standard InChI is InChI=1S/C25H25N3O4/c1-15-14-28-20(16-8-6-5-7-9-16)19-21(26(2)25(30)27(3)24(19)29)22(28)23(32-15)17-10-12-18(31-4)13-11-17/h5-13,15,23H,14H2,1-4H3/t15-,23-/m1/s1. The molecule has 0 aliphatic carbocycles. The lowest BCUT2D eigenvalue weighted by molar-refractivity contribution is -0.0142. The van der Waals surface area contributed by atoms with Crippen molar-refractivity contribution in [3.05, 3.63) is 86.7 Å². The molecule has 4 aromatic rings. The van der Waals surface area contributed by atoms with Crippen molar-refractivity contribution in [2.45, 2.75) is 25.7 Å². The van der Waals surface area contributed by atoms with Crippen LogP contribution in [-0.4, -0.2) is 26.9 Å². The van der Waals surface area contributed by atoms with Gasteiger partial charge in [-0.2, -0.15) is 0 Å². The minimum atomic E-state index is -0.428. The highest BCUT2D eigenvalue weighted by Crippen LogP contribution is 2.42. The lowest BCUT2D eigenvalue weighted by atomic mass is 10.0. The highest BCUT2D eigenvalue weighted by Gasteiger charge is 2.35. The average molecular weight is 431 g/mol. The topological polar surface area (TPSA) is 67.4 Å². The van der Waals surface area contributed by atoms with E-state index in [9.17, 15) is 9.59 Å². The van der Waals surface area contributed by atoms with Crippen LogP contribution in [0.4, 0.5) is 0 Å². The summed E-state index contributed by atoms with van der Waals surface area (Å²) >= 11 is 0. The summed E-state index contributed by atoms with van der Waals surface area (Å²) in [5, 5.41) is 0.534. The molecular weight excluding hydrogens is 406 g/mol. The minimum Gasteiger partial charge on any atom is -0.497 e. The van der Waals surface area contributed by atoms with Crippen LogP contribution in [0.5, 0.6) is 5.75 Å². The molecule has 0 bridgehead atoms. The van der Waals surface area contributed by atoms with Crippen molar-refractivity contribution in [2.75, 3.05) is 7.11 Å². The Morgan fingerprint density at radius 3 is 2.31 bits per heavy atom. The lowest BCUT2D eigenvalue weighted by Crippen LogP contribution is -2.37. The van der Waals surface area contributed by atoms with Crippen LogP contribution in [0.15, 0.2) is 64.2 Å². The van der Waals surface area contributed by atoms with E-state index in [2.05, 4.69) is 4.57 Å². The molecule has 2 aromatic heterocycles. The van der Waals surface area contributed by atoms with Crippen molar-refractivity contribution in [1.82, 2.24) is 13.7 Å². The number of hydrogen-bond acceptors (Lipinski definition) is 4. The third-order valence-electron chi connectivity index (χ3n) is 6.23. The van der Waals surface area contributed by atoms with Crippen LogP contribution in [0.2, 0.25) is 0 Å². The van der Waals surface area contributed by atoms with Crippen molar-refractivity contribution in [1.29, 1.82) is 0 Å². The van der Waals surface area contributed by atoms with E-state index >= 15 is 0 Å². The Bertz CT molecular complexity index is 1430. The molecule has 0 saturated carbocycles. The van der Waals surface area contributed by atoms with Gasteiger partial charge in [-0.05, 0) is 30.2 Å². The van der Waals surface area contributed by atoms with Crippen molar-refractivity contribution in [3.63, 3.8) is 0 Å². The SMILES string of the molecule is COc1ccc([C@H]2O[C@H](C)Cn3c(-c4ccccc4)c4c(=O)n(C)c(=O)n(C)c4c32)cc1.